The lowest BCUT2D eigenvalue weighted by molar-refractivity contribution is 0.139. The second-order valence-corrected chi connectivity index (χ2v) is 8.95. The summed E-state index contributed by atoms with van der Waals surface area (Å²) >= 11 is 0. The first-order valence-corrected chi connectivity index (χ1v) is 11.5. The Balaban J connectivity index is 1.31. The highest BCUT2D eigenvalue weighted by Crippen LogP contribution is 2.22. The summed E-state index contributed by atoms with van der Waals surface area (Å²) in [4.78, 5) is 17.2. The van der Waals surface area contributed by atoms with Crippen molar-refractivity contribution < 1.29 is 0 Å². The molecule has 6 nitrogen and oxygen atoms in total. The highest BCUT2D eigenvalue weighted by atomic mass is 15.3. The third-order valence-electron chi connectivity index (χ3n) is 6.14. The summed E-state index contributed by atoms with van der Waals surface area (Å²) < 4.78 is 0. The van der Waals surface area contributed by atoms with Crippen molar-refractivity contribution in [3.8, 4) is 0 Å². The first-order chi connectivity index (χ1) is 15.2. The van der Waals surface area contributed by atoms with Gasteiger partial charge >= 0.3 is 0 Å². The summed E-state index contributed by atoms with van der Waals surface area (Å²) in [5.41, 5.74) is 1.39. The molecule has 1 aromatic carbocycles. The van der Waals surface area contributed by atoms with E-state index < -0.39 is 0 Å². The van der Waals surface area contributed by atoms with E-state index in [1.807, 2.05) is 0 Å². The lowest BCUT2D eigenvalue weighted by Gasteiger charge is -2.35. The Bertz CT molecular complexity index is 818. The van der Waals surface area contributed by atoms with Crippen LogP contribution in [0.2, 0.25) is 0 Å². The number of hydrogen-bond donors (Lipinski definition) is 1. The minimum Gasteiger partial charge on any atom is -0.373 e. The molecular weight excluding hydrogens is 384 g/mol. The molecule has 166 valence electrons. The van der Waals surface area contributed by atoms with Crippen LogP contribution >= 0.6 is 0 Å². The van der Waals surface area contributed by atoms with Crippen LogP contribution in [0.1, 0.15) is 12.0 Å². The SMILES string of the molecule is CN(C)CCCNC1=NC(CN2CCN(Cc3ccccc3)CC2)=NC2C=CC=CC12. The maximum absolute atomic E-state index is 4.98. The Labute approximate surface area is 187 Å². The van der Waals surface area contributed by atoms with Crippen molar-refractivity contribution in [3.05, 3.63) is 60.2 Å². The average molecular weight is 421 g/mol. The summed E-state index contributed by atoms with van der Waals surface area (Å²) in [6.45, 7) is 8.22. The summed E-state index contributed by atoms with van der Waals surface area (Å²) in [6, 6.07) is 10.9. The van der Waals surface area contributed by atoms with Crippen LogP contribution < -0.4 is 5.32 Å². The number of fused-ring (bicyclic) bond motifs is 1. The van der Waals surface area contributed by atoms with Gasteiger partial charge in [0.15, 0.2) is 0 Å². The van der Waals surface area contributed by atoms with E-state index in [9.17, 15) is 0 Å². The third-order valence-corrected chi connectivity index (χ3v) is 6.14. The fraction of sp³-hybridized carbons (Fsp3) is 0.520. The topological polar surface area (TPSA) is 46.5 Å². The van der Waals surface area contributed by atoms with Gasteiger partial charge in [0.1, 0.15) is 11.7 Å². The predicted molar refractivity (Wildman–Crippen MR) is 130 cm³/mol. The first-order valence-electron chi connectivity index (χ1n) is 11.5. The average Bonchev–Trinajstić information content (AvgIpc) is 2.78. The molecule has 0 bridgehead atoms. The van der Waals surface area contributed by atoms with Crippen molar-refractivity contribution in [2.24, 2.45) is 15.9 Å². The Morgan fingerprint density at radius 1 is 0.968 bits per heavy atom. The van der Waals surface area contributed by atoms with Crippen molar-refractivity contribution in [1.82, 2.24) is 20.0 Å². The number of amidine groups is 2. The van der Waals surface area contributed by atoms with Gasteiger partial charge in [-0.1, -0.05) is 54.6 Å². The number of nitrogens with zero attached hydrogens (tertiary/aromatic N) is 5. The van der Waals surface area contributed by atoms with E-state index in [0.717, 1.165) is 70.5 Å². The first kappa shape index (κ1) is 21.9. The number of aliphatic imine (C=N–C) groups is 2. The van der Waals surface area contributed by atoms with Gasteiger partial charge in [0.2, 0.25) is 0 Å². The number of nitrogens with one attached hydrogen (secondary N) is 1. The van der Waals surface area contributed by atoms with Gasteiger partial charge in [0.05, 0.1) is 18.5 Å². The maximum atomic E-state index is 4.98. The zero-order valence-corrected chi connectivity index (χ0v) is 19.0. The van der Waals surface area contributed by atoms with Crippen LogP contribution in [0.15, 0.2) is 64.6 Å². The van der Waals surface area contributed by atoms with Crippen LogP contribution in [-0.4, -0.2) is 92.3 Å². The molecule has 2 unspecified atom stereocenters. The molecule has 0 radical (unpaired) electrons. The van der Waals surface area contributed by atoms with E-state index in [0.29, 0.717) is 0 Å². The maximum Gasteiger partial charge on any atom is 0.140 e. The lowest BCUT2D eigenvalue weighted by atomic mass is 9.93. The van der Waals surface area contributed by atoms with Crippen LogP contribution in [0.3, 0.4) is 0 Å². The monoisotopic (exact) mass is 420 g/mol. The smallest absolute Gasteiger partial charge is 0.140 e. The van der Waals surface area contributed by atoms with Crippen LogP contribution in [0.5, 0.6) is 0 Å². The van der Waals surface area contributed by atoms with Crippen LogP contribution in [-0.2, 0) is 6.54 Å². The predicted octanol–water partition coefficient (Wildman–Crippen LogP) is 2.27. The largest absolute Gasteiger partial charge is 0.373 e. The number of piperazine rings is 1. The quantitative estimate of drug-likeness (QED) is 0.656. The summed E-state index contributed by atoms with van der Waals surface area (Å²) in [6.07, 6.45) is 9.77. The number of hydrogen-bond acceptors (Lipinski definition) is 6. The fourth-order valence-corrected chi connectivity index (χ4v) is 4.38. The minimum absolute atomic E-state index is 0.174. The molecule has 0 saturated carbocycles. The molecule has 1 fully saturated rings. The van der Waals surface area contributed by atoms with Crippen LogP contribution in [0, 0.1) is 5.92 Å². The summed E-state index contributed by atoms with van der Waals surface area (Å²) in [5.74, 6) is 2.29. The minimum atomic E-state index is 0.174. The van der Waals surface area contributed by atoms with Gasteiger partial charge in [-0.25, -0.2) is 4.99 Å². The van der Waals surface area contributed by atoms with Crippen molar-refractivity contribution in [2.75, 3.05) is 59.9 Å². The normalized spacial score (nSPS) is 24.1. The van der Waals surface area contributed by atoms with Crippen molar-refractivity contribution >= 4 is 11.7 Å². The fourth-order valence-electron chi connectivity index (χ4n) is 4.38. The van der Waals surface area contributed by atoms with E-state index in [-0.39, 0.29) is 12.0 Å². The van der Waals surface area contributed by atoms with Crippen molar-refractivity contribution in [3.63, 3.8) is 0 Å². The molecule has 1 aromatic rings. The summed E-state index contributed by atoms with van der Waals surface area (Å²) in [7, 11) is 4.24. The molecule has 0 amide bonds. The van der Waals surface area contributed by atoms with Gasteiger partial charge < -0.3 is 10.2 Å². The molecule has 1 aliphatic carbocycles. The van der Waals surface area contributed by atoms with Gasteiger partial charge in [0, 0.05) is 39.3 Å². The van der Waals surface area contributed by atoms with E-state index in [2.05, 4.69) is 88.7 Å². The Morgan fingerprint density at radius 3 is 2.42 bits per heavy atom. The molecular formula is C25H36N6. The third kappa shape index (κ3) is 6.35. The molecule has 0 aromatic heterocycles. The highest BCUT2D eigenvalue weighted by Gasteiger charge is 2.29. The van der Waals surface area contributed by atoms with Crippen molar-refractivity contribution in [1.29, 1.82) is 0 Å². The van der Waals surface area contributed by atoms with E-state index in [1.165, 1.54) is 5.56 Å². The van der Waals surface area contributed by atoms with Gasteiger partial charge in [-0.2, -0.15) is 0 Å². The molecule has 1 saturated heterocycles. The van der Waals surface area contributed by atoms with Crippen molar-refractivity contribution in [2.45, 2.75) is 19.0 Å². The second-order valence-electron chi connectivity index (χ2n) is 8.95. The van der Waals surface area contributed by atoms with E-state index in [4.69, 9.17) is 9.98 Å². The highest BCUT2D eigenvalue weighted by molar-refractivity contribution is 6.02. The van der Waals surface area contributed by atoms with Gasteiger partial charge in [-0.3, -0.25) is 14.8 Å². The summed E-state index contributed by atoms with van der Waals surface area (Å²) in [5, 5.41) is 3.61. The number of rotatable bonds is 8. The molecule has 31 heavy (non-hydrogen) atoms. The zero-order valence-electron chi connectivity index (χ0n) is 19.0. The lowest BCUT2D eigenvalue weighted by Crippen LogP contribution is -2.48. The molecule has 1 N–H and O–H groups in total. The Kier molecular flexibility index (Phi) is 7.67. The number of allylic oxidation sites excluding steroid dienone is 2. The molecule has 0 spiro atoms. The Hall–Kier alpha value is -2.28. The molecule has 2 heterocycles. The molecule has 4 rings (SSSR count). The number of benzene rings is 1. The molecule has 2 atom stereocenters. The second kappa shape index (κ2) is 10.8. The van der Waals surface area contributed by atoms with Crippen LogP contribution in [0.25, 0.3) is 0 Å². The van der Waals surface area contributed by atoms with Gasteiger partial charge in [-0.15, -0.1) is 0 Å². The van der Waals surface area contributed by atoms with Gasteiger partial charge in [-0.05, 0) is 32.6 Å². The standard InChI is InChI=1S/C25H36N6/c1-29(2)14-8-13-26-25-22-11-6-7-12-23(22)27-24(28-25)20-31-17-15-30(16-18-31)19-21-9-4-3-5-10-21/h3-7,9-12,22-23H,8,13-20H2,1-2H3,(H,26,27,28). The van der Waals surface area contributed by atoms with Gasteiger partial charge in [0.25, 0.3) is 0 Å². The Morgan fingerprint density at radius 2 is 1.68 bits per heavy atom. The zero-order chi connectivity index (χ0) is 21.5. The molecule has 6 heteroatoms. The molecule has 2 aliphatic heterocycles. The van der Waals surface area contributed by atoms with E-state index in [1.54, 1.807) is 0 Å². The van der Waals surface area contributed by atoms with Crippen LogP contribution in [0.4, 0.5) is 0 Å². The van der Waals surface area contributed by atoms with E-state index >= 15 is 0 Å². The molecule has 3 aliphatic rings.